The first-order valence-corrected chi connectivity index (χ1v) is 5.78. The molecule has 2 rings (SSSR count). The van der Waals surface area contributed by atoms with Gasteiger partial charge in [-0.15, -0.1) is 0 Å². The number of hydrogen-bond donors (Lipinski definition) is 1. The molecule has 0 saturated heterocycles. The fourth-order valence-electron chi connectivity index (χ4n) is 2.48. The summed E-state index contributed by atoms with van der Waals surface area (Å²) < 4.78 is 27.3. The van der Waals surface area contributed by atoms with Crippen LogP contribution in [0.3, 0.4) is 0 Å². The van der Waals surface area contributed by atoms with Crippen LogP contribution in [0.4, 0.5) is 8.78 Å². The Kier molecular flexibility index (Phi) is 2.98. The Morgan fingerprint density at radius 2 is 1.69 bits per heavy atom. The summed E-state index contributed by atoms with van der Waals surface area (Å²) in [5.74, 6) is -0.741. The van der Waals surface area contributed by atoms with Gasteiger partial charge in [-0.3, -0.25) is 0 Å². The van der Waals surface area contributed by atoms with Gasteiger partial charge in [-0.25, -0.2) is 8.78 Å². The molecule has 1 saturated carbocycles. The van der Waals surface area contributed by atoms with Crippen molar-refractivity contribution >= 4 is 0 Å². The van der Waals surface area contributed by atoms with Gasteiger partial charge in [-0.1, -0.05) is 19.3 Å². The van der Waals surface area contributed by atoms with Crippen LogP contribution in [-0.2, 0) is 5.54 Å². The lowest BCUT2D eigenvalue weighted by Gasteiger charge is -2.34. The van der Waals surface area contributed by atoms with Gasteiger partial charge in [0.15, 0.2) is 0 Å². The predicted octanol–water partition coefficient (Wildman–Crippen LogP) is 3.39. The molecule has 3 heteroatoms. The molecule has 1 aliphatic carbocycles. The second-order valence-electron chi connectivity index (χ2n) is 4.80. The van der Waals surface area contributed by atoms with Crippen molar-refractivity contribution in [2.24, 2.45) is 5.73 Å². The number of hydrogen-bond acceptors (Lipinski definition) is 1. The Balaban J connectivity index is 2.42. The van der Waals surface area contributed by atoms with Crippen LogP contribution in [-0.4, -0.2) is 0 Å². The highest BCUT2D eigenvalue weighted by molar-refractivity contribution is 5.31. The summed E-state index contributed by atoms with van der Waals surface area (Å²) in [5.41, 5.74) is 6.20. The highest BCUT2D eigenvalue weighted by atomic mass is 19.1. The van der Waals surface area contributed by atoms with Crippen LogP contribution in [0.1, 0.15) is 43.2 Å². The van der Waals surface area contributed by atoms with Gasteiger partial charge in [0.2, 0.25) is 0 Å². The zero-order valence-corrected chi connectivity index (χ0v) is 9.52. The molecule has 1 fully saturated rings. The molecular formula is C13H17F2N. The fraction of sp³-hybridized carbons (Fsp3) is 0.538. The maximum absolute atomic E-state index is 13.8. The first-order valence-electron chi connectivity index (χ1n) is 5.78. The summed E-state index contributed by atoms with van der Waals surface area (Å²) in [4.78, 5) is 0. The molecule has 88 valence electrons. The van der Waals surface area contributed by atoms with Crippen LogP contribution in [0.15, 0.2) is 12.1 Å². The molecule has 1 aromatic rings. The molecule has 0 aliphatic heterocycles. The van der Waals surface area contributed by atoms with Crippen LogP contribution >= 0.6 is 0 Å². The van der Waals surface area contributed by atoms with E-state index in [1.165, 1.54) is 12.1 Å². The molecule has 0 unspecified atom stereocenters. The molecule has 0 bridgehead atoms. The number of halogens is 2. The summed E-state index contributed by atoms with van der Waals surface area (Å²) in [7, 11) is 0. The van der Waals surface area contributed by atoms with E-state index in [-0.39, 0.29) is 11.6 Å². The van der Waals surface area contributed by atoms with Crippen LogP contribution in [0, 0.1) is 18.6 Å². The van der Waals surface area contributed by atoms with Gasteiger partial charge < -0.3 is 5.73 Å². The van der Waals surface area contributed by atoms with E-state index < -0.39 is 5.54 Å². The summed E-state index contributed by atoms with van der Waals surface area (Å²) in [6.45, 7) is 1.56. The Bertz CT molecular complexity index is 395. The molecule has 1 aromatic carbocycles. The number of nitrogens with two attached hydrogens (primary N) is 1. The van der Waals surface area contributed by atoms with E-state index in [1.807, 2.05) is 0 Å². The van der Waals surface area contributed by atoms with Crippen molar-refractivity contribution in [3.05, 3.63) is 34.9 Å². The SMILES string of the molecule is Cc1cc(F)c(C2(N)CCCCC2)cc1F. The molecule has 2 N–H and O–H groups in total. The van der Waals surface area contributed by atoms with Gasteiger partial charge in [0, 0.05) is 11.1 Å². The van der Waals surface area contributed by atoms with E-state index in [4.69, 9.17) is 5.73 Å². The molecule has 0 spiro atoms. The summed E-state index contributed by atoms with van der Waals surface area (Å²) in [6, 6.07) is 2.52. The van der Waals surface area contributed by atoms with Crippen molar-refractivity contribution in [2.45, 2.75) is 44.6 Å². The van der Waals surface area contributed by atoms with Gasteiger partial charge in [0.05, 0.1) is 0 Å². The van der Waals surface area contributed by atoms with E-state index in [0.717, 1.165) is 32.1 Å². The predicted molar refractivity (Wildman–Crippen MR) is 60.0 cm³/mol. The van der Waals surface area contributed by atoms with E-state index >= 15 is 0 Å². The minimum absolute atomic E-state index is 0.334. The number of benzene rings is 1. The zero-order valence-electron chi connectivity index (χ0n) is 9.52. The van der Waals surface area contributed by atoms with Gasteiger partial charge in [0.25, 0.3) is 0 Å². The monoisotopic (exact) mass is 225 g/mol. The summed E-state index contributed by atoms with van der Waals surface area (Å²) >= 11 is 0. The largest absolute Gasteiger partial charge is 0.321 e. The van der Waals surface area contributed by atoms with E-state index in [0.29, 0.717) is 11.1 Å². The highest BCUT2D eigenvalue weighted by Gasteiger charge is 2.32. The Morgan fingerprint density at radius 3 is 2.31 bits per heavy atom. The minimum Gasteiger partial charge on any atom is -0.321 e. The molecule has 0 heterocycles. The molecule has 1 nitrogen and oxygen atoms in total. The summed E-state index contributed by atoms with van der Waals surface area (Å²) in [6.07, 6.45) is 4.60. The Hall–Kier alpha value is -0.960. The Labute approximate surface area is 94.7 Å². The second kappa shape index (κ2) is 4.13. The molecule has 0 atom stereocenters. The topological polar surface area (TPSA) is 26.0 Å². The second-order valence-corrected chi connectivity index (χ2v) is 4.80. The smallest absolute Gasteiger partial charge is 0.128 e. The van der Waals surface area contributed by atoms with Gasteiger partial charge in [-0.2, -0.15) is 0 Å². The average molecular weight is 225 g/mol. The maximum Gasteiger partial charge on any atom is 0.128 e. The zero-order chi connectivity index (χ0) is 11.8. The summed E-state index contributed by atoms with van der Waals surface area (Å²) in [5, 5.41) is 0. The Morgan fingerprint density at radius 1 is 1.06 bits per heavy atom. The molecule has 0 aromatic heterocycles. The third kappa shape index (κ3) is 1.96. The fourth-order valence-corrected chi connectivity index (χ4v) is 2.48. The molecule has 1 aliphatic rings. The van der Waals surface area contributed by atoms with Crippen LogP contribution in [0.25, 0.3) is 0 Å². The van der Waals surface area contributed by atoms with Crippen LogP contribution < -0.4 is 5.73 Å². The molecule has 0 radical (unpaired) electrons. The van der Waals surface area contributed by atoms with Gasteiger partial charge in [0.1, 0.15) is 11.6 Å². The molecular weight excluding hydrogens is 208 g/mol. The minimum atomic E-state index is -0.670. The van der Waals surface area contributed by atoms with Crippen LogP contribution in [0.2, 0.25) is 0 Å². The lowest BCUT2D eigenvalue weighted by molar-refractivity contribution is 0.291. The standard InChI is InChI=1S/C13H17F2N/c1-9-7-12(15)10(8-11(9)14)13(16)5-3-2-4-6-13/h7-8H,2-6,16H2,1H3. The van der Waals surface area contributed by atoms with Gasteiger partial charge >= 0.3 is 0 Å². The normalized spacial score (nSPS) is 19.8. The lowest BCUT2D eigenvalue weighted by Crippen LogP contribution is -2.39. The van der Waals surface area contributed by atoms with Crippen molar-refractivity contribution in [3.63, 3.8) is 0 Å². The van der Waals surface area contributed by atoms with Crippen molar-refractivity contribution in [2.75, 3.05) is 0 Å². The molecule has 16 heavy (non-hydrogen) atoms. The van der Waals surface area contributed by atoms with Gasteiger partial charge in [-0.05, 0) is 37.5 Å². The average Bonchev–Trinajstić information content (AvgIpc) is 2.24. The van der Waals surface area contributed by atoms with Crippen molar-refractivity contribution in [3.8, 4) is 0 Å². The maximum atomic E-state index is 13.8. The lowest BCUT2D eigenvalue weighted by atomic mass is 9.77. The highest BCUT2D eigenvalue weighted by Crippen LogP contribution is 2.36. The third-order valence-electron chi connectivity index (χ3n) is 3.53. The van der Waals surface area contributed by atoms with E-state index in [1.54, 1.807) is 6.92 Å². The number of aryl methyl sites for hydroxylation is 1. The third-order valence-corrected chi connectivity index (χ3v) is 3.53. The molecule has 0 amide bonds. The quantitative estimate of drug-likeness (QED) is 0.779. The van der Waals surface area contributed by atoms with Crippen molar-refractivity contribution < 1.29 is 8.78 Å². The van der Waals surface area contributed by atoms with Crippen molar-refractivity contribution in [1.82, 2.24) is 0 Å². The van der Waals surface area contributed by atoms with E-state index in [9.17, 15) is 8.78 Å². The van der Waals surface area contributed by atoms with Crippen LogP contribution in [0.5, 0.6) is 0 Å². The van der Waals surface area contributed by atoms with E-state index in [2.05, 4.69) is 0 Å². The number of rotatable bonds is 1. The first-order chi connectivity index (χ1) is 7.53. The first kappa shape index (κ1) is 11.5. The van der Waals surface area contributed by atoms with Crippen molar-refractivity contribution in [1.29, 1.82) is 0 Å².